The number of carbonyl (C=O) groups is 1. The molecule has 1 unspecified atom stereocenters. The molecular weight excluding hydrogens is 246 g/mol. The summed E-state index contributed by atoms with van der Waals surface area (Å²) in [7, 11) is 0. The number of fused-ring (bicyclic) bond motifs is 1. The summed E-state index contributed by atoms with van der Waals surface area (Å²) in [6.07, 6.45) is 13.3. The molecular formula is C18H27NO. The maximum Gasteiger partial charge on any atom is 0.141 e. The van der Waals surface area contributed by atoms with Crippen molar-refractivity contribution < 1.29 is 4.79 Å². The summed E-state index contributed by atoms with van der Waals surface area (Å²) in [5.41, 5.74) is 2.36. The van der Waals surface area contributed by atoms with Gasteiger partial charge in [-0.15, -0.1) is 0 Å². The fourth-order valence-corrected chi connectivity index (χ4v) is 3.18. The Kier molecular flexibility index (Phi) is 6.23. The lowest BCUT2D eigenvalue weighted by atomic mass is 9.82. The van der Waals surface area contributed by atoms with E-state index in [9.17, 15) is 4.79 Å². The molecule has 1 aliphatic rings. The van der Waals surface area contributed by atoms with E-state index in [-0.39, 0.29) is 5.92 Å². The van der Waals surface area contributed by atoms with Crippen molar-refractivity contribution in [1.29, 1.82) is 0 Å². The molecule has 0 N–H and O–H groups in total. The topological polar surface area (TPSA) is 30.0 Å². The first-order chi connectivity index (χ1) is 9.83. The molecule has 110 valence electrons. The monoisotopic (exact) mass is 273 g/mol. The van der Waals surface area contributed by atoms with Crippen LogP contribution in [0.5, 0.6) is 0 Å². The van der Waals surface area contributed by atoms with E-state index >= 15 is 0 Å². The number of carbonyl (C=O) groups excluding carboxylic acids is 1. The van der Waals surface area contributed by atoms with Gasteiger partial charge in [-0.25, -0.2) is 0 Å². The van der Waals surface area contributed by atoms with Crippen LogP contribution in [0.1, 0.15) is 81.9 Å². The molecule has 0 bridgehead atoms. The minimum atomic E-state index is 0.0793. The van der Waals surface area contributed by atoms with Crippen molar-refractivity contribution in [1.82, 2.24) is 4.98 Å². The highest BCUT2D eigenvalue weighted by Crippen LogP contribution is 2.31. The minimum absolute atomic E-state index is 0.0793. The summed E-state index contributed by atoms with van der Waals surface area (Å²) in [5.74, 6) is 0.496. The van der Waals surface area contributed by atoms with Crippen LogP contribution in [0.25, 0.3) is 0 Å². The van der Waals surface area contributed by atoms with Crippen molar-refractivity contribution in [3.8, 4) is 0 Å². The Hall–Kier alpha value is -1.18. The molecule has 0 aliphatic heterocycles. The van der Waals surface area contributed by atoms with E-state index in [0.29, 0.717) is 5.78 Å². The molecule has 0 saturated heterocycles. The van der Waals surface area contributed by atoms with Gasteiger partial charge in [0.25, 0.3) is 0 Å². The smallest absolute Gasteiger partial charge is 0.141 e. The van der Waals surface area contributed by atoms with Gasteiger partial charge in [0.15, 0.2) is 0 Å². The van der Waals surface area contributed by atoms with E-state index in [0.717, 1.165) is 37.8 Å². The van der Waals surface area contributed by atoms with Crippen LogP contribution in [0, 0.1) is 0 Å². The maximum absolute atomic E-state index is 12.4. The van der Waals surface area contributed by atoms with E-state index in [1.165, 1.54) is 37.7 Å². The number of nitrogens with zero attached hydrogens (tertiary/aromatic N) is 1. The van der Waals surface area contributed by atoms with E-state index in [2.05, 4.69) is 18.0 Å². The molecule has 0 aromatic carbocycles. The number of hydrogen-bond acceptors (Lipinski definition) is 2. The molecule has 0 fully saturated rings. The average Bonchev–Trinajstić information content (AvgIpc) is 2.50. The Morgan fingerprint density at radius 3 is 2.90 bits per heavy atom. The second kappa shape index (κ2) is 8.18. The second-order valence-corrected chi connectivity index (χ2v) is 5.98. The highest BCUT2D eigenvalue weighted by atomic mass is 16.1. The normalized spacial score (nSPS) is 17.8. The molecule has 2 nitrogen and oxygen atoms in total. The molecule has 0 amide bonds. The van der Waals surface area contributed by atoms with Gasteiger partial charge in [0, 0.05) is 12.6 Å². The molecule has 2 heteroatoms. The maximum atomic E-state index is 12.4. The first-order valence-corrected chi connectivity index (χ1v) is 8.29. The van der Waals surface area contributed by atoms with Gasteiger partial charge in [-0.2, -0.15) is 0 Å². The predicted octanol–water partition coefficient (Wildman–Crippen LogP) is 4.82. The van der Waals surface area contributed by atoms with Crippen LogP contribution in [0.2, 0.25) is 0 Å². The van der Waals surface area contributed by atoms with Gasteiger partial charge in [-0.3, -0.25) is 9.78 Å². The van der Waals surface area contributed by atoms with Crippen molar-refractivity contribution in [2.24, 2.45) is 0 Å². The fraction of sp³-hybridized carbons (Fsp3) is 0.667. The first-order valence-electron chi connectivity index (χ1n) is 8.29. The van der Waals surface area contributed by atoms with E-state index in [4.69, 9.17) is 0 Å². The lowest BCUT2D eigenvalue weighted by molar-refractivity contribution is -0.121. The zero-order chi connectivity index (χ0) is 14.2. The molecule has 0 radical (unpaired) electrons. The molecule has 0 spiro atoms. The quantitative estimate of drug-likeness (QED) is 0.635. The Bertz CT molecular complexity index is 427. The summed E-state index contributed by atoms with van der Waals surface area (Å²) >= 11 is 0. The third kappa shape index (κ3) is 4.16. The number of aromatic nitrogens is 1. The summed E-state index contributed by atoms with van der Waals surface area (Å²) < 4.78 is 0. The molecule has 1 aliphatic carbocycles. The highest BCUT2D eigenvalue weighted by Gasteiger charge is 2.26. The van der Waals surface area contributed by atoms with Gasteiger partial charge in [0.1, 0.15) is 5.78 Å². The first kappa shape index (κ1) is 15.2. The summed E-state index contributed by atoms with van der Waals surface area (Å²) in [4.78, 5) is 16.9. The van der Waals surface area contributed by atoms with Crippen molar-refractivity contribution in [3.63, 3.8) is 0 Å². The number of aryl methyl sites for hydroxylation is 1. The van der Waals surface area contributed by atoms with Crippen molar-refractivity contribution in [3.05, 3.63) is 29.6 Å². The molecule has 1 aromatic heterocycles. The zero-order valence-corrected chi connectivity index (χ0v) is 12.7. The zero-order valence-electron chi connectivity index (χ0n) is 12.7. The van der Waals surface area contributed by atoms with E-state index in [1.54, 1.807) is 0 Å². The third-order valence-electron chi connectivity index (χ3n) is 4.36. The standard InChI is InChI=1S/C18H27NO/c1-2-3-4-5-6-7-13-17(20)16-12-8-10-15-11-9-14-19-18(15)16/h9,11,14,16H,2-8,10,12-13H2,1H3. The number of rotatable bonds is 8. The van der Waals surface area contributed by atoms with Gasteiger partial charge in [0.05, 0.1) is 11.6 Å². The Balaban J connectivity index is 1.79. The Morgan fingerprint density at radius 1 is 1.25 bits per heavy atom. The number of ketones is 1. The van der Waals surface area contributed by atoms with Gasteiger partial charge >= 0.3 is 0 Å². The van der Waals surface area contributed by atoms with Gasteiger partial charge in [-0.1, -0.05) is 45.1 Å². The number of pyridine rings is 1. The Morgan fingerprint density at radius 2 is 2.05 bits per heavy atom. The van der Waals surface area contributed by atoms with Gasteiger partial charge in [0.2, 0.25) is 0 Å². The third-order valence-corrected chi connectivity index (χ3v) is 4.36. The van der Waals surface area contributed by atoms with Crippen molar-refractivity contribution in [2.45, 2.75) is 77.0 Å². The molecule has 20 heavy (non-hydrogen) atoms. The van der Waals surface area contributed by atoms with Crippen molar-refractivity contribution in [2.75, 3.05) is 0 Å². The molecule has 1 atom stereocenters. The van der Waals surface area contributed by atoms with E-state index < -0.39 is 0 Å². The minimum Gasteiger partial charge on any atom is -0.299 e. The number of Topliss-reactive ketones (excluding diaryl/α,β-unsaturated/α-hetero) is 1. The second-order valence-electron chi connectivity index (χ2n) is 5.98. The molecule has 0 saturated carbocycles. The van der Waals surface area contributed by atoms with Crippen molar-refractivity contribution >= 4 is 5.78 Å². The predicted molar refractivity (Wildman–Crippen MR) is 82.9 cm³/mol. The highest BCUT2D eigenvalue weighted by molar-refractivity contribution is 5.85. The Labute approximate surface area is 123 Å². The summed E-state index contributed by atoms with van der Waals surface area (Å²) in [5, 5.41) is 0. The molecule has 2 rings (SSSR count). The summed E-state index contributed by atoms with van der Waals surface area (Å²) in [6, 6.07) is 4.12. The SMILES string of the molecule is CCCCCCCCC(=O)C1CCCc2cccnc21. The molecule has 1 aromatic rings. The van der Waals surface area contributed by atoms with Crippen LogP contribution >= 0.6 is 0 Å². The van der Waals surface area contributed by atoms with Crippen LogP contribution in [0.3, 0.4) is 0 Å². The van der Waals surface area contributed by atoms with Gasteiger partial charge < -0.3 is 0 Å². The lowest BCUT2D eigenvalue weighted by Crippen LogP contribution is -2.19. The van der Waals surface area contributed by atoms with Crippen LogP contribution in [-0.2, 0) is 11.2 Å². The number of hydrogen-bond donors (Lipinski definition) is 0. The van der Waals surface area contributed by atoms with Gasteiger partial charge in [-0.05, 0) is 37.3 Å². The van der Waals surface area contributed by atoms with E-state index in [1.807, 2.05) is 12.3 Å². The van der Waals surface area contributed by atoms with Crippen LogP contribution < -0.4 is 0 Å². The van der Waals surface area contributed by atoms with Crippen LogP contribution in [-0.4, -0.2) is 10.8 Å². The largest absolute Gasteiger partial charge is 0.299 e. The fourth-order valence-electron chi connectivity index (χ4n) is 3.18. The lowest BCUT2D eigenvalue weighted by Gasteiger charge is -2.23. The van der Waals surface area contributed by atoms with Crippen LogP contribution in [0.15, 0.2) is 18.3 Å². The molecule has 1 heterocycles. The number of unbranched alkanes of at least 4 members (excludes halogenated alkanes) is 5. The summed E-state index contributed by atoms with van der Waals surface area (Å²) in [6.45, 7) is 2.23. The van der Waals surface area contributed by atoms with Crippen LogP contribution in [0.4, 0.5) is 0 Å². The average molecular weight is 273 g/mol.